The number of carbonyl (C=O) groups is 1. The van der Waals surface area contributed by atoms with Crippen molar-refractivity contribution in [3.05, 3.63) is 18.2 Å². The molecule has 14 heavy (non-hydrogen) atoms. The Morgan fingerprint density at radius 2 is 2.50 bits per heavy atom. The number of hydrogen-bond acceptors (Lipinski definition) is 2. The second-order valence-corrected chi connectivity index (χ2v) is 3.87. The minimum atomic E-state index is -0.636. The van der Waals surface area contributed by atoms with Gasteiger partial charge in [-0.3, -0.25) is 4.79 Å². The minimum Gasteiger partial charge on any atom is -0.358 e. The fourth-order valence-corrected chi connectivity index (χ4v) is 1.71. The van der Waals surface area contributed by atoms with E-state index in [0.717, 1.165) is 18.5 Å². The zero-order chi connectivity index (χ0) is 10.1. The molecule has 0 aromatic carbocycles. The third-order valence-electron chi connectivity index (χ3n) is 2.37. The summed E-state index contributed by atoms with van der Waals surface area (Å²) in [7, 11) is 1.58. The summed E-state index contributed by atoms with van der Waals surface area (Å²) in [4.78, 5) is 15.3. The highest BCUT2D eigenvalue weighted by Gasteiger charge is 2.29. The Kier molecular flexibility index (Phi) is 2.46. The topological polar surface area (TPSA) is 46.9 Å². The monoisotopic (exact) mass is 213 g/mol. The summed E-state index contributed by atoms with van der Waals surface area (Å²) in [6.45, 7) is 0. The number of carbonyl (C=O) groups excluding carboxylic acids is 1. The summed E-state index contributed by atoms with van der Waals surface area (Å²) < 4.78 is 1.99. The number of amides is 1. The number of hydrogen-bond donors (Lipinski definition) is 1. The molecule has 1 saturated carbocycles. The highest BCUT2D eigenvalue weighted by molar-refractivity contribution is 6.30. The van der Waals surface area contributed by atoms with Crippen molar-refractivity contribution in [1.82, 2.24) is 14.9 Å². The zero-order valence-corrected chi connectivity index (χ0v) is 8.66. The molecule has 1 unspecified atom stereocenters. The van der Waals surface area contributed by atoms with E-state index in [1.54, 1.807) is 19.6 Å². The smallest absolute Gasteiger partial charge is 0.243 e. The fraction of sp³-hybridized carbons (Fsp3) is 0.556. The molecule has 0 bridgehead atoms. The lowest BCUT2D eigenvalue weighted by Crippen LogP contribution is -2.24. The van der Waals surface area contributed by atoms with Crippen LogP contribution in [0.1, 0.15) is 30.0 Å². The number of imidazole rings is 1. The van der Waals surface area contributed by atoms with Crippen LogP contribution < -0.4 is 5.32 Å². The summed E-state index contributed by atoms with van der Waals surface area (Å²) in [5, 5.41) is 1.89. The van der Waals surface area contributed by atoms with Crippen LogP contribution in [0.2, 0.25) is 0 Å². The molecule has 1 heterocycles. The SMILES string of the molecule is CNC(=O)C(Cl)c1cncn1C1CC1. The highest BCUT2D eigenvalue weighted by Crippen LogP contribution is 2.37. The molecule has 4 nitrogen and oxygen atoms in total. The largest absolute Gasteiger partial charge is 0.358 e. The Labute approximate surface area is 87.3 Å². The van der Waals surface area contributed by atoms with E-state index in [0.29, 0.717) is 6.04 Å². The highest BCUT2D eigenvalue weighted by atomic mass is 35.5. The van der Waals surface area contributed by atoms with Crippen molar-refractivity contribution in [3.8, 4) is 0 Å². The predicted molar refractivity (Wildman–Crippen MR) is 53.2 cm³/mol. The van der Waals surface area contributed by atoms with Crippen molar-refractivity contribution >= 4 is 17.5 Å². The van der Waals surface area contributed by atoms with Gasteiger partial charge < -0.3 is 9.88 Å². The van der Waals surface area contributed by atoms with Gasteiger partial charge in [0.15, 0.2) is 5.38 Å². The van der Waals surface area contributed by atoms with Gasteiger partial charge >= 0.3 is 0 Å². The van der Waals surface area contributed by atoms with Crippen LogP contribution in [0.4, 0.5) is 0 Å². The first kappa shape index (κ1) is 9.52. The van der Waals surface area contributed by atoms with Crippen molar-refractivity contribution in [3.63, 3.8) is 0 Å². The third-order valence-corrected chi connectivity index (χ3v) is 2.79. The van der Waals surface area contributed by atoms with Crippen molar-refractivity contribution < 1.29 is 4.79 Å². The maximum atomic E-state index is 11.3. The van der Waals surface area contributed by atoms with Gasteiger partial charge in [0.2, 0.25) is 5.91 Å². The Morgan fingerprint density at radius 1 is 1.79 bits per heavy atom. The number of aromatic nitrogens is 2. The molecule has 1 atom stereocenters. The van der Waals surface area contributed by atoms with Crippen molar-refractivity contribution in [2.75, 3.05) is 7.05 Å². The fourth-order valence-electron chi connectivity index (χ4n) is 1.43. The molecule has 0 radical (unpaired) electrons. The molecule has 0 spiro atoms. The second kappa shape index (κ2) is 3.61. The third kappa shape index (κ3) is 1.62. The first-order valence-corrected chi connectivity index (χ1v) is 5.05. The molecule has 2 rings (SSSR count). The van der Waals surface area contributed by atoms with Crippen LogP contribution in [0.25, 0.3) is 0 Å². The van der Waals surface area contributed by atoms with Gasteiger partial charge in [-0.2, -0.15) is 0 Å². The van der Waals surface area contributed by atoms with E-state index in [2.05, 4.69) is 10.3 Å². The number of halogens is 1. The van der Waals surface area contributed by atoms with Gasteiger partial charge in [0.25, 0.3) is 0 Å². The van der Waals surface area contributed by atoms with E-state index >= 15 is 0 Å². The van der Waals surface area contributed by atoms with Gasteiger partial charge in [-0.25, -0.2) is 4.98 Å². The summed E-state index contributed by atoms with van der Waals surface area (Å²) in [6, 6.07) is 0.499. The van der Waals surface area contributed by atoms with Crippen LogP contribution in [-0.2, 0) is 4.79 Å². The van der Waals surface area contributed by atoms with Gasteiger partial charge in [0.05, 0.1) is 18.2 Å². The van der Waals surface area contributed by atoms with Crippen LogP contribution in [0.3, 0.4) is 0 Å². The maximum absolute atomic E-state index is 11.3. The van der Waals surface area contributed by atoms with E-state index in [1.807, 2.05) is 4.57 Å². The van der Waals surface area contributed by atoms with Gasteiger partial charge in [-0.1, -0.05) is 0 Å². The average Bonchev–Trinajstić information content (AvgIpc) is 2.94. The van der Waals surface area contributed by atoms with Gasteiger partial charge in [-0.15, -0.1) is 11.6 Å². The van der Waals surface area contributed by atoms with Crippen molar-refractivity contribution in [1.29, 1.82) is 0 Å². The standard InChI is InChI=1S/C9H12ClN3O/c1-11-9(14)8(10)7-4-12-5-13(7)6-2-3-6/h4-6,8H,2-3H2,1H3,(H,11,14). The molecular weight excluding hydrogens is 202 g/mol. The molecule has 1 aromatic heterocycles. The number of rotatable bonds is 3. The zero-order valence-electron chi connectivity index (χ0n) is 7.90. The maximum Gasteiger partial charge on any atom is 0.243 e. The molecule has 1 N–H and O–H groups in total. The van der Waals surface area contributed by atoms with E-state index in [9.17, 15) is 4.79 Å². The molecule has 1 aliphatic carbocycles. The molecule has 1 aliphatic rings. The number of nitrogens with zero attached hydrogens (tertiary/aromatic N) is 2. The summed E-state index contributed by atoms with van der Waals surface area (Å²) in [6.07, 6.45) is 5.71. The van der Waals surface area contributed by atoms with Crippen molar-refractivity contribution in [2.24, 2.45) is 0 Å². The second-order valence-electron chi connectivity index (χ2n) is 3.43. The Balaban J connectivity index is 2.21. The van der Waals surface area contributed by atoms with E-state index in [1.165, 1.54) is 0 Å². The van der Waals surface area contributed by atoms with E-state index in [4.69, 9.17) is 11.6 Å². The van der Waals surface area contributed by atoms with Crippen LogP contribution in [0.15, 0.2) is 12.5 Å². The van der Waals surface area contributed by atoms with Gasteiger partial charge in [0.1, 0.15) is 0 Å². The first-order chi connectivity index (χ1) is 6.74. The van der Waals surface area contributed by atoms with Gasteiger partial charge in [0, 0.05) is 13.1 Å². The van der Waals surface area contributed by atoms with Crippen LogP contribution >= 0.6 is 11.6 Å². The first-order valence-electron chi connectivity index (χ1n) is 4.61. The minimum absolute atomic E-state index is 0.186. The van der Waals surface area contributed by atoms with E-state index < -0.39 is 5.38 Å². The molecule has 1 amide bonds. The Hall–Kier alpha value is -1.03. The van der Waals surface area contributed by atoms with Crippen LogP contribution in [0, 0.1) is 0 Å². The molecule has 1 fully saturated rings. The van der Waals surface area contributed by atoms with Gasteiger partial charge in [-0.05, 0) is 12.8 Å². The quantitative estimate of drug-likeness (QED) is 0.769. The lowest BCUT2D eigenvalue weighted by atomic mass is 10.3. The Morgan fingerprint density at radius 3 is 3.07 bits per heavy atom. The lowest BCUT2D eigenvalue weighted by Gasteiger charge is -2.10. The molecule has 0 saturated heterocycles. The molecule has 76 valence electrons. The summed E-state index contributed by atoms with van der Waals surface area (Å²) in [5.74, 6) is -0.186. The normalized spacial score (nSPS) is 17.9. The molecule has 1 aromatic rings. The number of nitrogens with one attached hydrogen (secondary N) is 1. The van der Waals surface area contributed by atoms with Crippen LogP contribution in [-0.4, -0.2) is 22.5 Å². The molecule has 0 aliphatic heterocycles. The Bertz CT molecular complexity index is 346. The van der Waals surface area contributed by atoms with Crippen molar-refractivity contribution in [2.45, 2.75) is 24.3 Å². The number of alkyl halides is 1. The molecule has 5 heteroatoms. The lowest BCUT2D eigenvalue weighted by molar-refractivity contribution is -0.120. The van der Waals surface area contributed by atoms with Crippen LogP contribution in [0.5, 0.6) is 0 Å². The summed E-state index contributed by atoms with van der Waals surface area (Å²) >= 11 is 6.00. The molecular formula is C9H12ClN3O. The predicted octanol–water partition coefficient (Wildman–Crippen LogP) is 1.24. The summed E-state index contributed by atoms with van der Waals surface area (Å²) in [5.41, 5.74) is 0.786. The van der Waals surface area contributed by atoms with E-state index in [-0.39, 0.29) is 5.91 Å². The average molecular weight is 214 g/mol. The number of likely N-dealkylation sites (N-methyl/N-ethyl adjacent to an activating group) is 1.